The first-order chi connectivity index (χ1) is 6.16. The van der Waals surface area contributed by atoms with Gasteiger partial charge in [0.05, 0.1) is 5.56 Å². The van der Waals surface area contributed by atoms with Gasteiger partial charge in [0.2, 0.25) is 0 Å². The lowest BCUT2D eigenvalue weighted by Crippen LogP contribution is -2.06. The van der Waals surface area contributed by atoms with Crippen molar-refractivity contribution in [3.05, 3.63) is 35.1 Å². The Hall–Kier alpha value is -1.71. The second-order valence-electron chi connectivity index (χ2n) is 2.45. The highest BCUT2D eigenvalue weighted by molar-refractivity contribution is 5.90. The number of halogens is 1. The monoisotopic (exact) mass is 182 g/mol. The number of carboxylic acid groups (broad SMARTS) is 1. The summed E-state index contributed by atoms with van der Waals surface area (Å²) in [7, 11) is 0. The fraction of sp³-hybridized carbons (Fsp3) is 0.111. The molecule has 3 nitrogen and oxygen atoms in total. The van der Waals surface area contributed by atoms with Gasteiger partial charge in [0.1, 0.15) is 12.1 Å². The third kappa shape index (κ3) is 1.90. The molecule has 0 bridgehead atoms. The summed E-state index contributed by atoms with van der Waals surface area (Å²) in [6.45, 7) is 0. The van der Waals surface area contributed by atoms with Crippen molar-refractivity contribution >= 4 is 12.3 Å². The van der Waals surface area contributed by atoms with Gasteiger partial charge < -0.3 is 9.90 Å². The van der Waals surface area contributed by atoms with Gasteiger partial charge in [-0.05, 0) is 11.6 Å². The topological polar surface area (TPSA) is 54.4 Å². The molecule has 0 aliphatic carbocycles. The molecule has 0 amide bonds. The Kier molecular flexibility index (Phi) is 2.74. The number of benzene rings is 1. The van der Waals surface area contributed by atoms with E-state index in [2.05, 4.69) is 0 Å². The lowest BCUT2D eigenvalue weighted by molar-refractivity contribution is -0.107. The Labute approximate surface area is 73.8 Å². The molecule has 0 aliphatic rings. The maximum atomic E-state index is 12.9. The molecule has 13 heavy (non-hydrogen) atoms. The van der Waals surface area contributed by atoms with Crippen LogP contribution in [0.1, 0.15) is 15.9 Å². The van der Waals surface area contributed by atoms with Crippen LogP contribution in [0.2, 0.25) is 0 Å². The minimum absolute atomic E-state index is 0.0839. The van der Waals surface area contributed by atoms with E-state index < -0.39 is 17.3 Å². The Bertz CT molecular complexity index is 347. The minimum atomic E-state index is -1.35. The average Bonchev–Trinajstić information content (AvgIpc) is 2.04. The van der Waals surface area contributed by atoms with Crippen molar-refractivity contribution in [2.45, 2.75) is 6.42 Å². The van der Waals surface area contributed by atoms with E-state index in [1.807, 2.05) is 0 Å². The Morgan fingerprint density at radius 2 is 2.23 bits per heavy atom. The van der Waals surface area contributed by atoms with E-state index in [0.29, 0.717) is 6.29 Å². The summed E-state index contributed by atoms with van der Waals surface area (Å²) in [5.74, 6) is -2.16. The second-order valence-corrected chi connectivity index (χ2v) is 2.45. The molecular formula is C9H7FO3. The lowest BCUT2D eigenvalue weighted by atomic mass is 10.0. The van der Waals surface area contributed by atoms with Gasteiger partial charge in [0.25, 0.3) is 0 Å². The van der Waals surface area contributed by atoms with Crippen LogP contribution in [0.15, 0.2) is 18.2 Å². The molecular weight excluding hydrogens is 175 g/mol. The largest absolute Gasteiger partial charge is 0.478 e. The quantitative estimate of drug-likeness (QED) is 0.716. The summed E-state index contributed by atoms with van der Waals surface area (Å²) >= 11 is 0. The van der Waals surface area contributed by atoms with Crippen LogP contribution in [0.3, 0.4) is 0 Å². The molecule has 68 valence electrons. The number of aldehydes is 1. The van der Waals surface area contributed by atoms with E-state index in [4.69, 9.17) is 5.11 Å². The molecule has 0 radical (unpaired) electrons. The third-order valence-electron chi connectivity index (χ3n) is 1.62. The van der Waals surface area contributed by atoms with Gasteiger partial charge in [-0.3, -0.25) is 0 Å². The molecule has 0 aromatic heterocycles. The summed E-state index contributed by atoms with van der Waals surface area (Å²) in [4.78, 5) is 20.7. The highest BCUT2D eigenvalue weighted by Crippen LogP contribution is 2.13. The van der Waals surface area contributed by atoms with E-state index >= 15 is 0 Å². The molecule has 0 saturated carbocycles. The molecule has 1 rings (SSSR count). The summed E-state index contributed by atoms with van der Waals surface area (Å²) in [6.07, 6.45) is 0.459. The molecule has 0 spiro atoms. The second kappa shape index (κ2) is 3.80. The highest BCUT2D eigenvalue weighted by atomic mass is 19.1. The molecule has 0 atom stereocenters. The van der Waals surface area contributed by atoms with Crippen molar-refractivity contribution in [3.63, 3.8) is 0 Å². The van der Waals surface area contributed by atoms with Gasteiger partial charge in [-0.25, -0.2) is 9.18 Å². The van der Waals surface area contributed by atoms with Crippen molar-refractivity contribution < 1.29 is 19.1 Å². The molecule has 0 fully saturated rings. The molecule has 4 heteroatoms. The van der Waals surface area contributed by atoms with Crippen LogP contribution < -0.4 is 0 Å². The summed E-state index contributed by atoms with van der Waals surface area (Å²) in [5.41, 5.74) is -0.225. The number of carbonyl (C=O) groups is 2. The lowest BCUT2D eigenvalue weighted by Gasteiger charge is -2.02. The summed E-state index contributed by atoms with van der Waals surface area (Å²) in [6, 6.07) is 3.85. The Morgan fingerprint density at radius 1 is 1.54 bits per heavy atom. The van der Waals surface area contributed by atoms with Crippen LogP contribution in [-0.2, 0) is 11.2 Å². The van der Waals surface area contributed by atoms with Gasteiger partial charge in [-0.15, -0.1) is 0 Å². The fourth-order valence-electron chi connectivity index (χ4n) is 1.07. The van der Waals surface area contributed by atoms with Crippen molar-refractivity contribution in [1.29, 1.82) is 0 Å². The number of hydrogen-bond acceptors (Lipinski definition) is 2. The van der Waals surface area contributed by atoms with Crippen molar-refractivity contribution in [2.24, 2.45) is 0 Å². The fourth-order valence-corrected chi connectivity index (χ4v) is 1.07. The summed E-state index contributed by atoms with van der Waals surface area (Å²) in [5, 5.41) is 8.62. The van der Waals surface area contributed by atoms with Crippen LogP contribution >= 0.6 is 0 Å². The maximum absolute atomic E-state index is 12.9. The van der Waals surface area contributed by atoms with Crippen LogP contribution in [0.5, 0.6) is 0 Å². The van der Waals surface area contributed by atoms with E-state index in [-0.39, 0.29) is 12.0 Å². The molecule has 1 aromatic rings. The zero-order chi connectivity index (χ0) is 9.84. The van der Waals surface area contributed by atoms with Gasteiger partial charge in [-0.2, -0.15) is 0 Å². The first-order valence-electron chi connectivity index (χ1n) is 3.61. The SMILES string of the molecule is O=CCc1cccc(F)c1C(=O)O. The van der Waals surface area contributed by atoms with Gasteiger partial charge in [0, 0.05) is 6.42 Å². The molecule has 0 heterocycles. The van der Waals surface area contributed by atoms with E-state index in [1.165, 1.54) is 12.1 Å². The highest BCUT2D eigenvalue weighted by Gasteiger charge is 2.14. The predicted octanol–water partition coefficient (Wildman–Crippen LogP) is 1.27. The number of rotatable bonds is 3. The maximum Gasteiger partial charge on any atom is 0.338 e. The van der Waals surface area contributed by atoms with E-state index in [1.54, 1.807) is 0 Å². The first-order valence-corrected chi connectivity index (χ1v) is 3.61. The number of aromatic carboxylic acids is 1. The van der Waals surface area contributed by atoms with Crippen LogP contribution in [-0.4, -0.2) is 17.4 Å². The van der Waals surface area contributed by atoms with Gasteiger partial charge >= 0.3 is 5.97 Å². The molecule has 1 aromatic carbocycles. The van der Waals surface area contributed by atoms with Crippen LogP contribution in [0, 0.1) is 5.82 Å². The zero-order valence-corrected chi connectivity index (χ0v) is 6.66. The smallest absolute Gasteiger partial charge is 0.338 e. The standard InChI is InChI=1S/C9H7FO3/c10-7-3-1-2-6(4-5-11)8(7)9(12)13/h1-3,5H,4H2,(H,12,13). The minimum Gasteiger partial charge on any atom is -0.478 e. The normalized spacial score (nSPS) is 9.62. The Balaban J connectivity index is 3.25. The van der Waals surface area contributed by atoms with E-state index in [0.717, 1.165) is 6.07 Å². The van der Waals surface area contributed by atoms with Crippen molar-refractivity contribution in [3.8, 4) is 0 Å². The average molecular weight is 182 g/mol. The molecule has 0 unspecified atom stereocenters. The number of carboxylic acids is 1. The van der Waals surface area contributed by atoms with Crippen LogP contribution in [0.4, 0.5) is 4.39 Å². The Morgan fingerprint density at radius 3 is 2.77 bits per heavy atom. The summed E-state index contributed by atoms with van der Waals surface area (Å²) < 4.78 is 12.9. The molecule has 0 saturated heterocycles. The predicted molar refractivity (Wildman–Crippen MR) is 43.1 cm³/mol. The third-order valence-corrected chi connectivity index (χ3v) is 1.62. The van der Waals surface area contributed by atoms with Gasteiger partial charge in [0.15, 0.2) is 0 Å². The number of carbonyl (C=O) groups excluding carboxylic acids is 1. The first kappa shape index (κ1) is 9.38. The zero-order valence-electron chi connectivity index (χ0n) is 6.66. The van der Waals surface area contributed by atoms with Crippen molar-refractivity contribution in [2.75, 3.05) is 0 Å². The van der Waals surface area contributed by atoms with Crippen LogP contribution in [0.25, 0.3) is 0 Å². The van der Waals surface area contributed by atoms with Crippen molar-refractivity contribution in [1.82, 2.24) is 0 Å². The number of hydrogen-bond donors (Lipinski definition) is 1. The molecule has 0 aliphatic heterocycles. The van der Waals surface area contributed by atoms with E-state index in [9.17, 15) is 14.0 Å². The molecule has 1 N–H and O–H groups in total. The van der Waals surface area contributed by atoms with Gasteiger partial charge in [-0.1, -0.05) is 12.1 Å².